The highest BCUT2D eigenvalue weighted by Gasteiger charge is 2.15. The lowest BCUT2D eigenvalue weighted by molar-refractivity contribution is -0.134. The molecule has 0 aliphatic carbocycles. The summed E-state index contributed by atoms with van der Waals surface area (Å²) < 4.78 is 4.88. The van der Waals surface area contributed by atoms with Crippen LogP contribution in [0.1, 0.15) is 30.0 Å². The number of amides is 1. The summed E-state index contributed by atoms with van der Waals surface area (Å²) >= 11 is 0. The quantitative estimate of drug-likeness (QED) is 0.769. The van der Waals surface area contributed by atoms with Crippen molar-refractivity contribution >= 4 is 11.9 Å². The molecule has 0 unspecified atom stereocenters. The van der Waals surface area contributed by atoms with E-state index in [1.807, 2.05) is 13.8 Å². The molecule has 0 bridgehead atoms. The molecule has 0 aliphatic heterocycles. The van der Waals surface area contributed by atoms with Gasteiger partial charge in [0.05, 0.1) is 0 Å². The highest BCUT2D eigenvalue weighted by atomic mass is 16.5. The van der Waals surface area contributed by atoms with Crippen molar-refractivity contribution in [2.75, 3.05) is 19.7 Å². The predicted octanol–water partition coefficient (Wildman–Crippen LogP) is 0.743. The van der Waals surface area contributed by atoms with Gasteiger partial charge in [0, 0.05) is 18.8 Å². The van der Waals surface area contributed by atoms with Crippen molar-refractivity contribution in [1.29, 1.82) is 0 Å². The highest BCUT2D eigenvalue weighted by molar-refractivity contribution is 5.89. The third-order valence-corrected chi connectivity index (χ3v) is 2.36. The molecule has 0 saturated heterocycles. The second-order valence-electron chi connectivity index (χ2n) is 3.58. The Morgan fingerprint density at radius 3 is 2.53 bits per heavy atom. The molecule has 0 spiro atoms. The fourth-order valence-electron chi connectivity index (χ4n) is 1.39. The molecular weight excluding hydrogens is 222 g/mol. The number of aromatic amines is 1. The molecule has 1 aromatic rings. The lowest BCUT2D eigenvalue weighted by atomic mass is 10.4. The van der Waals surface area contributed by atoms with Gasteiger partial charge in [-0.15, -0.1) is 0 Å². The third-order valence-electron chi connectivity index (χ3n) is 2.36. The predicted molar refractivity (Wildman–Crippen MR) is 61.5 cm³/mol. The maximum Gasteiger partial charge on any atom is 0.359 e. The van der Waals surface area contributed by atoms with Crippen molar-refractivity contribution in [1.82, 2.24) is 15.1 Å². The average Bonchev–Trinajstić information content (AvgIpc) is 2.74. The van der Waals surface area contributed by atoms with Gasteiger partial charge in [0.25, 0.3) is 5.91 Å². The Bertz CT molecular complexity index is 396. The Kier molecular flexibility index (Phi) is 4.68. The van der Waals surface area contributed by atoms with Crippen molar-refractivity contribution in [3.8, 4) is 0 Å². The number of ether oxygens (including phenoxy) is 1. The van der Waals surface area contributed by atoms with E-state index in [1.165, 1.54) is 0 Å². The number of hydrogen-bond acceptors (Lipinski definition) is 4. The molecule has 0 aromatic carbocycles. The summed E-state index contributed by atoms with van der Waals surface area (Å²) in [7, 11) is 0. The van der Waals surface area contributed by atoms with E-state index < -0.39 is 5.97 Å². The Hall–Kier alpha value is -1.85. The number of nitrogens with one attached hydrogen (secondary N) is 1. The van der Waals surface area contributed by atoms with Crippen LogP contribution in [0.5, 0.6) is 0 Å². The minimum absolute atomic E-state index is 0.190. The second kappa shape index (κ2) is 6.03. The van der Waals surface area contributed by atoms with Gasteiger partial charge in [0.1, 0.15) is 0 Å². The van der Waals surface area contributed by atoms with Gasteiger partial charge < -0.3 is 9.64 Å². The normalized spacial score (nSPS) is 10.1. The van der Waals surface area contributed by atoms with Gasteiger partial charge in [-0.1, -0.05) is 0 Å². The van der Waals surface area contributed by atoms with E-state index in [1.54, 1.807) is 17.9 Å². The molecule has 1 aromatic heterocycles. The number of H-pyrrole nitrogens is 1. The van der Waals surface area contributed by atoms with Crippen LogP contribution in [0, 0.1) is 6.92 Å². The molecule has 0 fully saturated rings. The largest absolute Gasteiger partial charge is 0.451 e. The maximum absolute atomic E-state index is 11.6. The maximum atomic E-state index is 11.6. The number of hydrogen-bond donors (Lipinski definition) is 1. The minimum Gasteiger partial charge on any atom is -0.451 e. The Morgan fingerprint density at radius 2 is 2.06 bits per heavy atom. The lowest BCUT2D eigenvalue weighted by Gasteiger charge is -2.17. The van der Waals surface area contributed by atoms with E-state index in [9.17, 15) is 9.59 Å². The summed E-state index contributed by atoms with van der Waals surface area (Å²) in [6.45, 7) is 6.50. The van der Waals surface area contributed by atoms with E-state index in [0.29, 0.717) is 13.1 Å². The van der Waals surface area contributed by atoms with Crippen LogP contribution in [-0.4, -0.2) is 46.7 Å². The van der Waals surface area contributed by atoms with Crippen molar-refractivity contribution in [2.45, 2.75) is 20.8 Å². The molecule has 6 heteroatoms. The molecular formula is C11H17N3O3. The van der Waals surface area contributed by atoms with Gasteiger partial charge >= 0.3 is 5.97 Å². The van der Waals surface area contributed by atoms with Crippen molar-refractivity contribution in [3.63, 3.8) is 0 Å². The fraction of sp³-hybridized carbons (Fsp3) is 0.545. The van der Waals surface area contributed by atoms with Gasteiger partial charge in [-0.2, -0.15) is 5.10 Å². The van der Waals surface area contributed by atoms with Crippen LogP contribution in [0.25, 0.3) is 0 Å². The number of carbonyl (C=O) groups is 2. The monoisotopic (exact) mass is 239 g/mol. The molecule has 0 atom stereocenters. The van der Waals surface area contributed by atoms with E-state index in [-0.39, 0.29) is 18.2 Å². The van der Waals surface area contributed by atoms with Gasteiger partial charge in [-0.3, -0.25) is 9.89 Å². The first-order valence-corrected chi connectivity index (χ1v) is 5.55. The number of carbonyl (C=O) groups excluding carboxylic acids is 2. The zero-order valence-corrected chi connectivity index (χ0v) is 10.3. The van der Waals surface area contributed by atoms with E-state index in [2.05, 4.69) is 10.2 Å². The van der Waals surface area contributed by atoms with Crippen molar-refractivity contribution in [3.05, 3.63) is 17.5 Å². The summed E-state index contributed by atoms with van der Waals surface area (Å²) in [5.74, 6) is -0.787. The molecule has 94 valence electrons. The number of aryl methyl sites for hydroxylation is 1. The molecule has 1 N–H and O–H groups in total. The SMILES string of the molecule is CCN(CC)C(=O)COC(=O)c1cc(C)[nH]n1. The average molecular weight is 239 g/mol. The number of nitrogens with zero attached hydrogens (tertiary/aromatic N) is 2. The van der Waals surface area contributed by atoms with E-state index in [0.717, 1.165) is 5.69 Å². The van der Waals surface area contributed by atoms with Crippen molar-refractivity contribution in [2.24, 2.45) is 0 Å². The number of rotatable bonds is 5. The van der Waals surface area contributed by atoms with Crippen LogP contribution in [0.15, 0.2) is 6.07 Å². The fourth-order valence-corrected chi connectivity index (χ4v) is 1.39. The standard InChI is InChI=1S/C11H17N3O3/c1-4-14(5-2)10(15)7-17-11(16)9-6-8(3)12-13-9/h6H,4-5,7H2,1-3H3,(H,12,13). The Balaban J connectivity index is 2.46. The van der Waals surface area contributed by atoms with Gasteiger partial charge in [-0.25, -0.2) is 4.79 Å². The molecule has 0 radical (unpaired) electrons. The lowest BCUT2D eigenvalue weighted by Crippen LogP contribution is -2.34. The summed E-state index contributed by atoms with van der Waals surface area (Å²) in [5, 5.41) is 6.39. The van der Waals surface area contributed by atoms with Gasteiger partial charge in [0.2, 0.25) is 0 Å². The number of likely N-dealkylation sites (N-methyl/N-ethyl adjacent to an activating group) is 1. The summed E-state index contributed by atoms with van der Waals surface area (Å²) in [6, 6.07) is 1.57. The third kappa shape index (κ3) is 3.58. The molecule has 17 heavy (non-hydrogen) atoms. The smallest absolute Gasteiger partial charge is 0.359 e. The Labute approximate surface area is 99.9 Å². The second-order valence-corrected chi connectivity index (χ2v) is 3.58. The van der Waals surface area contributed by atoms with Crippen LogP contribution < -0.4 is 0 Å². The number of aromatic nitrogens is 2. The van der Waals surface area contributed by atoms with Crippen LogP contribution in [0.2, 0.25) is 0 Å². The number of esters is 1. The first kappa shape index (κ1) is 13.2. The molecule has 1 heterocycles. The summed E-state index contributed by atoms with van der Waals surface area (Å²) in [4.78, 5) is 24.7. The first-order valence-electron chi connectivity index (χ1n) is 5.55. The molecule has 6 nitrogen and oxygen atoms in total. The van der Waals surface area contributed by atoms with Gasteiger partial charge in [-0.05, 0) is 26.8 Å². The minimum atomic E-state index is -0.588. The highest BCUT2D eigenvalue weighted by Crippen LogP contribution is 2.00. The van der Waals surface area contributed by atoms with E-state index in [4.69, 9.17) is 4.74 Å². The molecule has 1 rings (SSSR count). The molecule has 0 aliphatic rings. The van der Waals surface area contributed by atoms with Crippen LogP contribution in [0.4, 0.5) is 0 Å². The van der Waals surface area contributed by atoms with Crippen LogP contribution in [0.3, 0.4) is 0 Å². The first-order chi connectivity index (χ1) is 8.08. The zero-order valence-electron chi connectivity index (χ0n) is 10.3. The Morgan fingerprint density at radius 1 is 1.41 bits per heavy atom. The summed E-state index contributed by atoms with van der Waals surface area (Å²) in [6.07, 6.45) is 0. The zero-order chi connectivity index (χ0) is 12.8. The van der Waals surface area contributed by atoms with Crippen molar-refractivity contribution < 1.29 is 14.3 Å². The summed E-state index contributed by atoms with van der Waals surface area (Å²) in [5.41, 5.74) is 0.960. The van der Waals surface area contributed by atoms with Gasteiger partial charge in [0.15, 0.2) is 12.3 Å². The van der Waals surface area contributed by atoms with E-state index >= 15 is 0 Å². The van der Waals surface area contributed by atoms with Crippen LogP contribution in [-0.2, 0) is 9.53 Å². The van der Waals surface area contributed by atoms with Crippen LogP contribution >= 0.6 is 0 Å². The topological polar surface area (TPSA) is 75.3 Å². The molecule has 0 saturated carbocycles. The molecule has 1 amide bonds.